The summed E-state index contributed by atoms with van der Waals surface area (Å²) in [5.41, 5.74) is 2.15. The monoisotopic (exact) mass is 470 g/mol. The van der Waals surface area contributed by atoms with Crippen molar-refractivity contribution in [3.05, 3.63) is 92.3 Å². The number of rotatable bonds is 7. The van der Waals surface area contributed by atoms with Crippen LogP contribution in [0.2, 0.25) is 5.02 Å². The fraction of sp³-hybridized carbons (Fsp3) is 0.250. The van der Waals surface area contributed by atoms with Crippen LogP contribution in [0.25, 0.3) is 5.69 Å². The minimum Gasteiger partial charge on any atom is -0.485 e. The zero-order valence-electron chi connectivity index (χ0n) is 19.0. The third-order valence-electron chi connectivity index (χ3n) is 4.81. The lowest BCUT2D eigenvalue weighted by Crippen LogP contribution is -2.23. The third kappa shape index (κ3) is 5.46. The van der Waals surface area contributed by atoms with Gasteiger partial charge in [-0.2, -0.15) is 0 Å². The maximum atomic E-state index is 14.1. The van der Waals surface area contributed by atoms with Gasteiger partial charge in [0, 0.05) is 50.5 Å². The number of ketones is 1. The molecule has 0 aromatic carbocycles. The van der Waals surface area contributed by atoms with Crippen LogP contribution in [0.1, 0.15) is 33.0 Å². The lowest BCUT2D eigenvalue weighted by atomic mass is 10.1. The molecule has 3 aromatic rings. The van der Waals surface area contributed by atoms with Gasteiger partial charge >= 0.3 is 0 Å². The summed E-state index contributed by atoms with van der Waals surface area (Å²) in [5.74, 6) is -0.674. The topological polar surface area (TPSA) is 77.3 Å². The molecule has 0 saturated heterocycles. The highest BCUT2D eigenvalue weighted by molar-refractivity contribution is 6.31. The summed E-state index contributed by atoms with van der Waals surface area (Å²) in [6.07, 6.45) is 6.09. The van der Waals surface area contributed by atoms with Crippen LogP contribution in [0.4, 0.5) is 4.39 Å². The first-order valence-corrected chi connectivity index (χ1v) is 10.5. The molecule has 0 radical (unpaired) electrons. The van der Waals surface area contributed by atoms with Crippen molar-refractivity contribution in [2.24, 2.45) is 0 Å². The molecule has 9 heteroatoms. The van der Waals surface area contributed by atoms with E-state index in [0.29, 0.717) is 22.5 Å². The Morgan fingerprint density at radius 2 is 1.91 bits per heavy atom. The van der Waals surface area contributed by atoms with Gasteiger partial charge < -0.3 is 9.64 Å². The van der Waals surface area contributed by atoms with Gasteiger partial charge in [-0.3, -0.25) is 24.1 Å². The second-order valence-corrected chi connectivity index (χ2v) is 8.21. The Hall–Kier alpha value is -3.52. The molecule has 0 amide bonds. The summed E-state index contributed by atoms with van der Waals surface area (Å²) in [6, 6.07) is 4.49. The Morgan fingerprint density at radius 1 is 1.18 bits per heavy atom. The van der Waals surface area contributed by atoms with E-state index < -0.39 is 11.4 Å². The lowest BCUT2D eigenvalue weighted by molar-refractivity contribution is 0.104. The zero-order valence-corrected chi connectivity index (χ0v) is 19.8. The molecule has 33 heavy (non-hydrogen) atoms. The fourth-order valence-electron chi connectivity index (χ4n) is 3.09. The molecule has 172 valence electrons. The first-order chi connectivity index (χ1) is 15.6. The summed E-state index contributed by atoms with van der Waals surface area (Å²) in [4.78, 5) is 35.5. The quantitative estimate of drug-likeness (QED) is 0.381. The molecule has 0 aliphatic carbocycles. The molecule has 3 heterocycles. The van der Waals surface area contributed by atoms with E-state index in [2.05, 4.69) is 9.97 Å². The van der Waals surface area contributed by atoms with Gasteiger partial charge in [0.15, 0.2) is 0 Å². The minimum absolute atomic E-state index is 0.109. The van der Waals surface area contributed by atoms with Crippen molar-refractivity contribution < 1.29 is 13.9 Å². The number of hydrogen-bond acceptors (Lipinski definition) is 6. The highest BCUT2D eigenvalue weighted by Crippen LogP contribution is 2.26. The van der Waals surface area contributed by atoms with E-state index >= 15 is 0 Å². The predicted molar refractivity (Wildman–Crippen MR) is 125 cm³/mol. The van der Waals surface area contributed by atoms with Gasteiger partial charge in [-0.15, -0.1) is 0 Å². The molecule has 3 aromatic heterocycles. The average Bonchev–Trinajstić information content (AvgIpc) is 2.75. The first kappa shape index (κ1) is 24.1. The van der Waals surface area contributed by atoms with Crippen molar-refractivity contribution in [1.29, 1.82) is 0 Å². The van der Waals surface area contributed by atoms with Crippen molar-refractivity contribution in [2.45, 2.75) is 27.4 Å². The molecule has 0 saturated carbocycles. The van der Waals surface area contributed by atoms with Crippen LogP contribution in [0, 0.1) is 26.6 Å². The van der Waals surface area contributed by atoms with Crippen molar-refractivity contribution in [3.8, 4) is 11.4 Å². The minimum atomic E-state index is -0.527. The van der Waals surface area contributed by atoms with Gasteiger partial charge in [0.1, 0.15) is 34.6 Å². The van der Waals surface area contributed by atoms with E-state index in [4.69, 9.17) is 16.3 Å². The van der Waals surface area contributed by atoms with Gasteiger partial charge in [-0.1, -0.05) is 11.6 Å². The lowest BCUT2D eigenvalue weighted by Gasteiger charge is -2.16. The van der Waals surface area contributed by atoms with Crippen LogP contribution in [0.5, 0.6) is 5.75 Å². The SMILES string of the molecule is Cc1cnc(COc2cc(C)n(-c3cc(C(=O)/C=C/N(C)C)ncc3C)c(=O)c2Cl)c(F)c1. The predicted octanol–water partition coefficient (Wildman–Crippen LogP) is 4.18. The molecule has 7 nitrogen and oxygen atoms in total. The highest BCUT2D eigenvalue weighted by Gasteiger charge is 2.18. The van der Waals surface area contributed by atoms with Crippen molar-refractivity contribution in [3.63, 3.8) is 0 Å². The summed E-state index contributed by atoms with van der Waals surface area (Å²) in [6.45, 7) is 5.05. The molecule has 0 aliphatic heterocycles. The Labute approximate surface area is 196 Å². The van der Waals surface area contributed by atoms with Crippen LogP contribution < -0.4 is 10.3 Å². The van der Waals surface area contributed by atoms with Gasteiger partial charge in [0.2, 0.25) is 5.78 Å². The van der Waals surface area contributed by atoms with Crippen molar-refractivity contribution in [1.82, 2.24) is 19.4 Å². The van der Waals surface area contributed by atoms with E-state index in [1.807, 2.05) is 0 Å². The van der Waals surface area contributed by atoms with Gasteiger partial charge in [-0.05, 0) is 44.0 Å². The Kier molecular flexibility index (Phi) is 7.28. The van der Waals surface area contributed by atoms with Crippen molar-refractivity contribution in [2.75, 3.05) is 14.1 Å². The molecule has 0 aliphatic rings. The van der Waals surface area contributed by atoms with E-state index in [9.17, 15) is 14.0 Å². The number of pyridine rings is 3. The second kappa shape index (κ2) is 9.95. The highest BCUT2D eigenvalue weighted by atomic mass is 35.5. The molecule has 0 spiro atoms. The second-order valence-electron chi connectivity index (χ2n) is 7.83. The van der Waals surface area contributed by atoms with Crippen LogP contribution >= 0.6 is 11.6 Å². The first-order valence-electron chi connectivity index (χ1n) is 10.1. The Morgan fingerprint density at radius 3 is 2.58 bits per heavy atom. The number of aromatic nitrogens is 3. The van der Waals surface area contributed by atoms with Crippen LogP contribution in [0.15, 0.2) is 47.7 Å². The molecule has 0 atom stereocenters. The number of nitrogens with zero attached hydrogens (tertiary/aromatic N) is 4. The molecule has 0 N–H and O–H groups in total. The van der Waals surface area contributed by atoms with Gasteiger partial charge in [-0.25, -0.2) is 4.39 Å². The number of hydrogen-bond donors (Lipinski definition) is 0. The number of aryl methyl sites for hydroxylation is 3. The summed E-state index contributed by atoms with van der Waals surface area (Å²) in [7, 11) is 3.60. The van der Waals surface area contributed by atoms with Crippen LogP contribution in [-0.2, 0) is 6.61 Å². The smallest absolute Gasteiger partial charge is 0.277 e. The van der Waals surface area contributed by atoms with Gasteiger partial charge in [0.25, 0.3) is 5.56 Å². The van der Waals surface area contributed by atoms with E-state index in [1.54, 1.807) is 58.1 Å². The number of carbonyl (C=O) groups excluding carboxylic acids is 1. The molecular weight excluding hydrogens is 447 g/mol. The molecule has 0 unspecified atom stereocenters. The molecule has 3 rings (SSSR count). The van der Waals surface area contributed by atoms with Crippen LogP contribution in [0.3, 0.4) is 0 Å². The largest absolute Gasteiger partial charge is 0.485 e. The fourth-order valence-corrected chi connectivity index (χ4v) is 3.28. The third-order valence-corrected chi connectivity index (χ3v) is 5.16. The summed E-state index contributed by atoms with van der Waals surface area (Å²) in [5, 5.41) is -0.162. The molecule has 0 bridgehead atoms. The standard InChI is InChI=1S/C24H24ClFN4O3/c1-14-8-17(26)19(27-11-14)13-33-22-9-16(3)30(24(32)23(22)25)20-10-18(28-12-15(20)2)21(31)6-7-29(4)5/h6-12H,13H2,1-5H3/b7-6+. The maximum absolute atomic E-state index is 14.1. The maximum Gasteiger partial charge on any atom is 0.277 e. The number of halogens is 2. The van der Waals surface area contributed by atoms with E-state index in [0.717, 1.165) is 0 Å². The molecular formula is C24H24ClFN4O3. The Bertz CT molecular complexity index is 1300. The number of carbonyl (C=O) groups is 1. The number of ether oxygens (including phenoxy) is 1. The van der Waals surface area contributed by atoms with Gasteiger partial charge in [0.05, 0.1) is 5.69 Å². The van der Waals surface area contributed by atoms with Crippen molar-refractivity contribution >= 4 is 17.4 Å². The molecule has 0 fully saturated rings. The van der Waals surface area contributed by atoms with E-state index in [-0.39, 0.29) is 34.6 Å². The Balaban J connectivity index is 1.97. The van der Waals surface area contributed by atoms with E-state index in [1.165, 1.54) is 29.1 Å². The summed E-state index contributed by atoms with van der Waals surface area (Å²) < 4.78 is 21.1. The zero-order chi connectivity index (χ0) is 24.3. The summed E-state index contributed by atoms with van der Waals surface area (Å²) >= 11 is 6.32. The van der Waals surface area contributed by atoms with Crippen LogP contribution in [-0.4, -0.2) is 39.3 Å². The number of allylic oxidation sites excluding steroid dienone is 1. The average molecular weight is 471 g/mol. The normalized spacial score (nSPS) is 11.1.